The number of amides is 1. The summed E-state index contributed by atoms with van der Waals surface area (Å²) in [6.07, 6.45) is 3.55. The van der Waals surface area contributed by atoms with Crippen LogP contribution in [0.4, 0.5) is 5.69 Å². The second kappa shape index (κ2) is 6.91. The Kier molecular flexibility index (Phi) is 4.90. The molecule has 1 aromatic carbocycles. The molecular weight excluding hydrogens is 286 g/mol. The molecule has 2 aliphatic rings. The number of hydrogen-bond acceptors (Lipinski definition) is 3. The number of carbonyl (C=O) groups excluding carboxylic acids is 1. The molecule has 1 aromatic rings. The van der Waals surface area contributed by atoms with Crippen LogP contribution in [0.3, 0.4) is 0 Å². The Morgan fingerprint density at radius 2 is 2.13 bits per heavy atom. The molecule has 2 saturated carbocycles. The summed E-state index contributed by atoms with van der Waals surface area (Å²) in [5.41, 5.74) is 8.74. The van der Waals surface area contributed by atoms with E-state index in [1.54, 1.807) is 0 Å². The third-order valence-electron chi connectivity index (χ3n) is 5.71. The smallest absolute Gasteiger partial charge is 0.225 e. The van der Waals surface area contributed by atoms with Crippen molar-refractivity contribution in [3.8, 4) is 0 Å². The number of rotatable bonds is 6. The summed E-state index contributed by atoms with van der Waals surface area (Å²) in [7, 11) is 0. The molecule has 2 fully saturated rings. The summed E-state index contributed by atoms with van der Waals surface area (Å²) in [4.78, 5) is 14.8. The first-order valence-electron chi connectivity index (χ1n) is 8.95. The molecular formula is C19H29N3O. The third kappa shape index (κ3) is 3.37. The minimum Gasteiger partial charge on any atom is -0.370 e. The van der Waals surface area contributed by atoms with E-state index < -0.39 is 0 Å². The number of nitrogens with zero attached hydrogens (tertiary/aromatic N) is 1. The number of likely N-dealkylation sites (N-methyl/N-ethyl adjacent to an activating group) is 1. The number of nitrogens with two attached hydrogens (primary N) is 1. The van der Waals surface area contributed by atoms with Crippen LogP contribution >= 0.6 is 0 Å². The number of anilines is 1. The quantitative estimate of drug-likeness (QED) is 0.847. The maximum absolute atomic E-state index is 12.5. The van der Waals surface area contributed by atoms with Crippen molar-refractivity contribution in [1.82, 2.24) is 5.32 Å². The fourth-order valence-electron chi connectivity index (χ4n) is 4.45. The number of carbonyl (C=O) groups is 1. The molecule has 23 heavy (non-hydrogen) atoms. The Labute approximate surface area is 139 Å². The van der Waals surface area contributed by atoms with E-state index in [0.717, 1.165) is 19.5 Å². The van der Waals surface area contributed by atoms with Gasteiger partial charge in [0.05, 0.1) is 5.92 Å². The van der Waals surface area contributed by atoms with E-state index in [4.69, 9.17) is 5.73 Å². The average molecular weight is 315 g/mol. The van der Waals surface area contributed by atoms with Crippen molar-refractivity contribution in [2.75, 3.05) is 24.5 Å². The molecule has 2 bridgehead atoms. The number of fused-ring (bicyclic) bond motifs is 2. The zero-order valence-corrected chi connectivity index (χ0v) is 14.3. The average Bonchev–Trinajstić information content (AvgIpc) is 3.12. The zero-order chi connectivity index (χ0) is 16.4. The van der Waals surface area contributed by atoms with Gasteiger partial charge in [-0.1, -0.05) is 12.1 Å². The largest absolute Gasteiger partial charge is 0.370 e. The molecule has 0 radical (unpaired) electrons. The number of aryl methyl sites for hydroxylation is 1. The van der Waals surface area contributed by atoms with E-state index in [-0.39, 0.29) is 17.9 Å². The van der Waals surface area contributed by atoms with Gasteiger partial charge < -0.3 is 16.0 Å². The maximum atomic E-state index is 12.5. The molecule has 0 heterocycles. The van der Waals surface area contributed by atoms with E-state index in [9.17, 15) is 4.79 Å². The van der Waals surface area contributed by atoms with Crippen molar-refractivity contribution in [1.29, 1.82) is 0 Å². The highest BCUT2D eigenvalue weighted by molar-refractivity contribution is 5.80. The summed E-state index contributed by atoms with van der Waals surface area (Å²) in [6, 6.07) is 8.59. The first kappa shape index (κ1) is 16.3. The van der Waals surface area contributed by atoms with Crippen molar-refractivity contribution in [3.05, 3.63) is 29.8 Å². The van der Waals surface area contributed by atoms with Crippen molar-refractivity contribution < 1.29 is 4.79 Å². The minimum atomic E-state index is 0.0443. The lowest BCUT2D eigenvalue weighted by Crippen LogP contribution is -2.46. The lowest BCUT2D eigenvalue weighted by Gasteiger charge is -2.28. The van der Waals surface area contributed by atoms with Crippen molar-refractivity contribution >= 4 is 11.6 Å². The Morgan fingerprint density at radius 3 is 2.78 bits per heavy atom. The summed E-state index contributed by atoms with van der Waals surface area (Å²) < 4.78 is 0. The molecule has 1 amide bonds. The van der Waals surface area contributed by atoms with Crippen LogP contribution in [-0.4, -0.2) is 31.6 Å². The van der Waals surface area contributed by atoms with Crippen LogP contribution in [0.5, 0.6) is 0 Å². The lowest BCUT2D eigenvalue weighted by molar-refractivity contribution is -0.126. The molecule has 3 N–H and O–H groups in total. The van der Waals surface area contributed by atoms with Gasteiger partial charge >= 0.3 is 0 Å². The Morgan fingerprint density at radius 1 is 1.35 bits per heavy atom. The molecule has 126 valence electrons. The monoisotopic (exact) mass is 315 g/mol. The molecule has 4 unspecified atom stereocenters. The van der Waals surface area contributed by atoms with Crippen molar-refractivity contribution in [2.24, 2.45) is 23.5 Å². The predicted molar refractivity (Wildman–Crippen MR) is 94.4 cm³/mol. The van der Waals surface area contributed by atoms with Gasteiger partial charge in [-0.05, 0) is 62.6 Å². The second-order valence-corrected chi connectivity index (χ2v) is 7.15. The topological polar surface area (TPSA) is 58.4 Å². The van der Waals surface area contributed by atoms with Gasteiger partial charge in [-0.25, -0.2) is 0 Å². The van der Waals surface area contributed by atoms with Gasteiger partial charge in [0.1, 0.15) is 0 Å². The Hall–Kier alpha value is -1.55. The molecule has 4 nitrogen and oxygen atoms in total. The van der Waals surface area contributed by atoms with Gasteiger partial charge in [0.25, 0.3) is 0 Å². The van der Waals surface area contributed by atoms with Crippen LogP contribution in [0.15, 0.2) is 24.3 Å². The minimum absolute atomic E-state index is 0.0443. The summed E-state index contributed by atoms with van der Waals surface area (Å²) in [6.45, 7) is 6.71. The highest BCUT2D eigenvalue weighted by Crippen LogP contribution is 2.47. The van der Waals surface area contributed by atoms with Gasteiger partial charge in [0, 0.05) is 31.4 Å². The molecule has 4 heteroatoms. The fourth-order valence-corrected chi connectivity index (χ4v) is 4.45. The van der Waals surface area contributed by atoms with Gasteiger partial charge in [-0.2, -0.15) is 0 Å². The van der Waals surface area contributed by atoms with Crippen LogP contribution < -0.4 is 16.0 Å². The zero-order valence-electron chi connectivity index (χ0n) is 14.3. The van der Waals surface area contributed by atoms with Crippen molar-refractivity contribution in [3.63, 3.8) is 0 Å². The van der Waals surface area contributed by atoms with Crippen LogP contribution in [-0.2, 0) is 4.79 Å². The van der Waals surface area contributed by atoms with Gasteiger partial charge in [0.15, 0.2) is 0 Å². The highest BCUT2D eigenvalue weighted by atomic mass is 16.1. The van der Waals surface area contributed by atoms with Gasteiger partial charge in [-0.3, -0.25) is 4.79 Å². The molecule has 4 atom stereocenters. The summed E-state index contributed by atoms with van der Waals surface area (Å²) >= 11 is 0. The number of benzene rings is 1. The Bertz CT molecular complexity index is 557. The first-order chi connectivity index (χ1) is 11.1. The molecule has 0 spiro atoms. The number of hydrogen-bond donors (Lipinski definition) is 2. The molecule has 0 saturated heterocycles. The van der Waals surface area contributed by atoms with Crippen molar-refractivity contribution in [2.45, 2.75) is 39.2 Å². The highest BCUT2D eigenvalue weighted by Gasteiger charge is 2.48. The summed E-state index contributed by atoms with van der Waals surface area (Å²) in [5.74, 6) is 1.32. The molecule has 2 aliphatic carbocycles. The van der Waals surface area contributed by atoms with Gasteiger partial charge in [0.2, 0.25) is 5.91 Å². The molecule has 0 aromatic heterocycles. The molecule has 3 rings (SSSR count). The normalized spacial score (nSPS) is 28.8. The SMILES string of the molecule is CCN(CCNC(=O)C1C2CCC(C2)C1N)c1cccc(C)c1. The van der Waals surface area contributed by atoms with Crippen LogP contribution in [0.25, 0.3) is 0 Å². The van der Waals surface area contributed by atoms with Gasteiger partial charge in [-0.15, -0.1) is 0 Å². The second-order valence-electron chi connectivity index (χ2n) is 7.15. The van der Waals surface area contributed by atoms with E-state index >= 15 is 0 Å². The lowest BCUT2D eigenvalue weighted by atomic mass is 9.84. The van der Waals surface area contributed by atoms with E-state index in [2.05, 4.69) is 48.3 Å². The third-order valence-corrected chi connectivity index (χ3v) is 5.71. The van der Waals surface area contributed by atoms with E-state index in [0.29, 0.717) is 18.4 Å². The standard InChI is InChI=1S/C19H29N3O/c1-3-22(16-6-4-5-13(2)11-16)10-9-21-19(23)17-14-7-8-15(12-14)18(17)20/h4-6,11,14-15,17-18H,3,7-10,12,20H2,1-2H3,(H,21,23). The molecule has 0 aliphatic heterocycles. The van der Waals surface area contributed by atoms with Crippen LogP contribution in [0.2, 0.25) is 0 Å². The predicted octanol–water partition coefficient (Wildman–Crippen LogP) is 2.31. The first-order valence-corrected chi connectivity index (χ1v) is 8.95. The summed E-state index contributed by atoms with van der Waals surface area (Å²) in [5, 5.41) is 3.13. The van der Waals surface area contributed by atoms with E-state index in [1.165, 1.54) is 24.1 Å². The van der Waals surface area contributed by atoms with Crippen LogP contribution in [0, 0.1) is 24.7 Å². The maximum Gasteiger partial charge on any atom is 0.225 e. The van der Waals surface area contributed by atoms with Crippen LogP contribution in [0.1, 0.15) is 31.7 Å². The number of nitrogens with one attached hydrogen (secondary N) is 1. The fraction of sp³-hybridized carbons (Fsp3) is 0.632. The Balaban J connectivity index is 1.51. The van der Waals surface area contributed by atoms with E-state index in [1.807, 2.05) is 0 Å².